The topological polar surface area (TPSA) is 26.3 Å². The fraction of sp³-hybridized carbons (Fsp3) is 0.364. The molecule has 0 bridgehead atoms. The first-order valence-corrected chi connectivity index (χ1v) is 4.17. The largest absolute Gasteiger partial charge is 0.465 e. The standard InChI is InChI=1S/C11H10O2/c12-11-9-7-5-3-1-2-4-6-8-10-13-11/h1-2H,7-10H2. The van der Waals surface area contributed by atoms with Crippen LogP contribution in [0.25, 0.3) is 0 Å². The van der Waals surface area contributed by atoms with Gasteiger partial charge in [0.2, 0.25) is 0 Å². The van der Waals surface area contributed by atoms with Crippen molar-refractivity contribution < 1.29 is 9.53 Å². The molecule has 1 rings (SSSR count). The van der Waals surface area contributed by atoms with Crippen molar-refractivity contribution in [2.75, 3.05) is 6.61 Å². The molecule has 0 aliphatic carbocycles. The van der Waals surface area contributed by atoms with Gasteiger partial charge in [0, 0.05) is 12.8 Å². The Morgan fingerprint density at radius 2 is 1.85 bits per heavy atom. The summed E-state index contributed by atoms with van der Waals surface area (Å²) in [5.74, 6) is 11.1. The van der Waals surface area contributed by atoms with Gasteiger partial charge in [0.05, 0.1) is 6.42 Å². The normalized spacial score (nSPS) is 16.5. The van der Waals surface area contributed by atoms with Crippen molar-refractivity contribution in [3.05, 3.63) is 12.2 Å². The maximum atomic E-state index is 10.9. The molecule has 1 heterocycles. The predicted octanol–water partition coefficient (Wildman–Crippen LogP) is 1.28. The summed E-state index contributed by atoms with van der Waals surface area (Å²) in [4.78, 5) is 10.9. The summed E-state index contributed by atoms with van der Waals surface area (Å²) < 4.78 is 4.88. The highest BCUT2D eigenvalue weighted by Gasteiger charge is 1.99. The van der Waals surface area contributed by atoms with E-state index in [1.165, 1.54) is 0 Å². The number of rotatable bonds is 0. The molecule has 0 radical (unpaired) electrons. The number of hydrogen-bond acceptors (Lipinski definition) is 2. The van der Waals surface area contributed by atoms with Crippen LogP contribution in [0.2, 0.25) is 0 Å². The number of ether oxygens (including phenoxy) is 1. The molecule has 1 aliphatic heterocycles. The van der Waals surface area contributed by atoms with E-state index in [9.17, 15) is 4.79 Å². The molecule has 66 valence electrons. The van der Waals surface area contributed by atoms with Crippen molar-refractivity contribution >= 4 is 5.97 Å². The Morgan fingerprint density at radius 3 is 2.62 bits per heavy atom. The number of hydrogen-bond donors (Lipinski definition) is 0. The molecule has 0 spiro atoms. The Labute approximate surface area is 78.0 Å². The maximum absolute atomic E-state index is 10.9. The molecule has 1 aliphatic rings. The van der Waals surface area contributed by atoms with E-state index in [-0.39, 0.29) is 5.97 Å². The summed E-state index contributed by atoms with van der Waals surface area (Å²) in [5, 5.41) is 0. The van der Waals surface area contributed by atoms with Gasteiger partial charge in [-0.15, -0.1) is 0 Å². The lowest BCUT2D eigenvalue weighted by atomic mass is 10.3. The zero-order chi connectivity index (χ0) is 9.36. The van der Waals surface area contributed by atoms with Crippen LogP contribution in [0.5, 0.6) is 0 Å². The first-order chi connectivity index (χ1) is 6.39. The van der Waals surface area contributed by atoms with Crippen LogP contribution in [0, 0.1) is 23.7 Å². The first-order valence-electron chi connectivity index (χ1n) is 4.17. The Bertz CT molecular complexity index is 317. The Hall–Kier alpha value is -1.67. The lowest BCUT2D eigenvalue weighted by molar-refractivity contribution is -0.143. The SMILES string of the molecule is O=C1CCC#CC=CC#CCCO1. The van der Waals surface area contributed by atoms with Gasteiger partial charge in [0.1, 0.15) is 6.61 Å². The van der Waals surface area contributed by atoms with Crippen LogP contribution in [0.3, 0.4) is 0 Å². The molecule has 0 fully saturated rings. The fourth-order valence-electron chi connectivity index (χ4n) is 0.798. The third-order valence-electron chi connectivity index (χ3n) is 1.40. The highest BCUT2D eigenvalue weighted by atomic mass is 16.5. The molecule has 0 saturated heterocycles. The lowest BCUT2D eigenvalue weighted by Crippen LogP contribution is -2.04. The van der Waals surface area contributed by atoms with Crippen LogP contribution >= 0.6 is 0 Å². The molecular formula is C11H10O2. The van der Waals surface area contributed by atoms with E-state index in [1.54, 1.807) is 12.2 Å². The second kappa shape index (κ2) is 5.91. The quantitative estimate of drug-likeness (QED) is 0.408. The zero-order valence-electron chi connectivity index (χ0n) is 7.30. The van der Waals surface area contributed by atoms with Crippen LogP contribution in [0.4, 0.5) is 0 Å². The summed E-state index contributed by atoms with van der Waals surface area (Å²) in [6, 6.07) is 0. The Morgan fingerprint density at radius 1 is 1.15 bits per heavy atom. The van der Waals surface area contributed by atoms with Gasteiger partial charge in [-0.1, -0.05) is 23.7 Å². The Balaban J connectivity index is 2.53. The molecule has 0 aromatic heterocycles. The monoisotopic (exact) mass is 174 g/mol. The average molecular weight is 174 g/mol. The van der Waals surface area contributed by atoms with Crippen LogP contribution in [0.15, 0.2) is 12.2 Å². The van der Waals surface area contributed by atoms with Crippen molar-refractivity contribution in [1.29, 1.82) is 0 Å². The fourth-order valence-corrected chi connectivity index (χ4v) is 0.798. The van der Waals surface area contributed by atoms with Gasteiger partial charge in [-0.25, -0.2) is 0 Å². The minimum atomic E-state index is -0.194. The van der Waals surface area contributed by atoms with Crippen molar-refractivity contribution in [3.63, 3.8) is 0 Å². The molecule has 2 heteroatoms. The van der Waals surface area contributed by atoms with E-state index in [0.29, 0.717) is 25.9 Å². The van der Waals surface area contributed by atoms with Gasteiger partial charge in [-0.05, 0) is 12.2 Å². The number of carbonyl (C=O) groups is 1. The van der Waals surface area contributed by atoms with Crippen molar-refractivity contribution in [1.82, 2.24) is 0 Å². The molecule has 0 saturated carbocycles. The van der Waals surface area contributed by atoms with Crippen LogP contribution in [-0.2, 0) is 9.53 Å². The highest BCUT2D eigenvalue weighted by molar-refractivity contribution is 5.69. The maximum Gasteiger partial charge on any atom is 0.306 e. The minimum Gasteiger partial charge on any atom is -0.465 e. The van der Waals surface area contributed by atoms with Gasteiger partial charge in [0.25, 0.3) is 0 Å². The summed E-state index contributed by atoms with van der Waals surface area (Å²) >= 11 is 0. The summed E-state index contributed by atoms with van der Waals surface area (Å²) in [5.41, 5.74) is 0. The minimum absolute atomic E-state index is 0.194. The number of cyclic esters (lactones) is 1. The zero-order valence-corrected chi connectivity index (χ0v) is 7.30. The van der Waals surface area contributed by atoms with Gasteiger partial charge >= 0.3 is 5.97 Å². The first kappa shape index (κ1) is 9.42. The summed E-state index contributed by atoms with van der Waals surface area (Å²) in [7, 11) is 0. The van der Waals surface area contributed by atoms with Crippen molar-refractivity contribution in [3.8, 4) is 23.7 Å². The molecule has 0 N–H and O–H groups in total. The second-order valence-electron chi connectivity index (χ2n) is 2.45. The van der Waals surface area contributed by atoms with Gasteiger partial charge in [0.15, 0.2) is 0 Å². The van der Waals surface area contributed by atoms with E-state index in [2.05, 4.69) is 23.7 Å². The lowest BCUT2D eigenvalue weighted by Gasteiger charge is -1.99. The van der Waals surface area contributed by atoms with Crippen LogP contribution in [-0.4, -0.2) is 12.6 Å². The summed E-state index contributed by atoms with van der Waals surface area (Å²) in [6.45, 7) is 0.382. The van der Waals surface area contributed by atoms with Crippen LogP contribution in [0.1, 0.15) is 19.3 Å². The number of carbonyl (C=O) groups excluding carboxylic acids is 1. The van der Waals surface area contributed by atoms with Gasteiger partial charge in [-0.2, -0.15) is 0 Å². The number of esters is 1. The van der Waals surface area contributed by atoms with E-state index < -0.39 is 0 Å². The van der Waals surface area contributed by atoms with E-state index in [4.69, 9.17) is 4.74 Å². The Kier molecular flexibility index (Phi) is 4.29. The molecule has 2 nitrogen and oxygen atoms in total. The third kappa shape index (κ3) is 4.71. The summed E-state index contributed by atoms with van der Waals surface area (Å²) in [6.07, 6.45) is 4.91. The van der Waals surface area contributed by atoms with Crippen LogP contribution < -0.4 is 0 Å². The van der Waals surface area contributed by atoms with E-state index in [1.807, 2.05) is 0 Å². The van der Waals surface area contributed by atoms with Crippen molar-refractivity contribution in [2.45, 2.75) is 19.3 Å². The molecular weight excluding hydrogens is 164 g/mol. The molecule has 0 unspecified atom stereocenters. The van der Waals surface area contributed by atoms with Crippen molar-refractivity contribution in [2.24, 2.45) is 0 Å². The molecule has 0 atom stereocenters. The van der Waals surface area contributed by atoms with Gasteiger partial charge in [-0.3, -0.25) is 4.79 Å². The molecule has 0 amide bonds. The molecule has 0 aromatic carbocycles. The second-order valence-corrected chi connectivity index (χ2v) is 2.45. The third-order valence-corrected chi connectivity index (χ3v) is 1.40. The molecule has 13 heavy (non-hydrogen) atoms. The predicted molar refractivity (Wildman–Crippen MR) is 49.5 cm³/mol. The smallest absolute Gasteiger partial charge is 0.306 e. The van der Waals surface area contributed by atoms with Gasteiger partial charge < -0.3 is 4.74 Å². The number of allylic oxidation sites excluding steroid dienone is 2. The van der Waals surface area contributed by atoms with E-state index in [0.717, 1.165) is 0 Å². The van der Waals surface area contributed by atoms with E-state index >= 15 is 0 Å². The molecule has 0 aromatic rings. The average Bonchev–Trinajstić information content (AvgIpc) is 2.11. The highest BCUT2D eigenvalue weighted by Crippen LogP contribution is 1.93.